The van der Waals surface area contributed by atoms with Gasteiger partial charge in [0.25, 0.3) is 0 Å². The van der Waals surface area contributed by atoms with Crippen LogP contribution in [-0.4, -0.2) is 27.6 Å². The second kappa shape index (κ2) is 3.46. The van der Waals surface area contributed by atoms with E-state index >= 15 is 0 Å². The number of nitrogens with zero attached hydrogens (tertiary/aromatic N) is 1. The molecule has 2 heterocycles. The second-order valence-electron chi connectivity index (χ2n) is 3.33. The zero-order valence-electron chi connectivity index (χ0n) is 7.23. The van der Waals surface area contributed by atoms with Gasteiger partial charge in [0.15, 0.2) is 0 Å². The molecule has 4 heteroatoms. The minimum atomic E-state index is 0.203. The Morgan fingerprint density at radius 3 is 3.08 bits per heavy atom. The molecule has 2 rings (SSSR count). The molecule has 70 valence electrons. The number of aromatic nitrogens is 1. The van der Waals surface area contributed by atoms with Crippen LogP contribution in [0.5, 0.6) is 0 Å². The van der Waals surface area contributed by atoms with E-state index in [1.165, 1.54) is 0 Å². The molecule has 0 aliphatic carbocycles. The molecule has 1 fully saturated rings. The van der Waals surface area contributed by atoms with Crippen molar-refractivity contribution in [1.29, 1.82) is 0 Å². The van der Waals surface area contributed by atoms with Gasteiger partial charge in [0.05, 0.1) is 6.54 Å². The highest BCUT2D eigenvalue weighted by Crippen LogP contribution is 2.17. The summed E-state index contributed by atoms with van der Waals surface area (Å²) < 4.78 is 0. The van der Waals surface area contributed by atoms with Gasteiger partial charge < -0.3 is 9.88 Å². The highest BCUT2D eigenvalue weighted by molar-refractivity contribution is 7.81. The summed E-state index contributed by atoms with van der Waals surface area (Å²) in [5, 5.41) is 0.211. The van der Waals surface area contributed by atoms with Gasteiger partial charge in [-0.1, -0.05) is 0 Å². The molecule has 1 aliphatic rings. The Morgan fingerprint density at radius 2 is 2.54 bits per heavy atom. The van der Waals surface area contributed by atoms with E-state index in [4.69, 9.17) is 0 Å². The van der Waals surface area contributed by atoms with Gasteiger partial charge in [-0.2, -0.15) is 12.6 Å². The molecule has 0 aromatic carbocycles. The van der Waals surface area contributed by atoms with E-state index in [1.54, 1.807) is 0 Å². The van der Waals surface area contributed by atoms with E-state index in [0.717, 1.165) is 12.2 Å². The van der Waals surface area contributed by atoms with Crippen LogP contribution in [0.15, 0.2) is 18.3 Å². The van der Waals surface area contributed by atoms with E-state index in [0.29, 0.717) is 13.0 Å². The van der Waals surface area contributed by atoms with Crippen LogP contribution >= 0.6 is 12.6 Å². The number of rotatable bonds is 2. The summed E-state index contributed by atoms with van der Waals surface area (Å²) in [5.41, 5.74) is 1.08. The number of carbonyl (C=O) groups excluding carboxylic acids is 1. The first-order valence-corrected chi connectivity index (χ1v) is 4.85. The highest BCUT2D eigenvalue weighted by atomic mass is 32.1. The van der Waals surface area contributed by atoms with Crippen LogP contribution in [0.25, 0.3) is 0 Å². The number of aromatic amines is 1. The van der Waals surface area contributed by atoms with Crippen LogP contribution in [0.4, 0.5) is 0 Å². The third kappa shape index (κ3) is 1.88. The zero-order chi connectivity index (χ0) is 9.26. The first-order chi connectivity index (χ1) is 6.25. The SMILES string of the molecule is O=C1CC(S)CN1Cc1ccc[nH]1. The molecule has 0 bridgehead atoms. The van der Waals surface area contributed by atoms with E-state index in [1.807, 2.05) is 23.2 Å². The quantitative estimate of drug-likeness (QED) is 0.681. The van der Waals surface area contributed by atoms with Gasteiger partial charge in [0.1, 0.15) is 0 Å². The molecular weight excluding hydrogens is 184 g/mol. The summed E-state index contributed by atoms with van der Waals surface area (Å²) in [7, 11) is 0. The van der Waals surface area contributed by atoms with E-state index < -0.39 is 0 Å². The Hall–Kier alpha value is -0.900. The predicted octanol–water partition coefficient (Wildman–Crippen LogP) is 1.05. The van der Waals surface area contributed by atoms with Gasteiger partial charge >= 0.3 is 0 Å². The molecule has 1 amide bonds. The van der Waals surface area contributed by atoms with Crippen LogP contribution in [0.3, 0.4) is 0 Å². The largest absolute Gasteiger partial charge is 0.364 e. The molecule has 3 nitrogen and oxygen atoms in total. The van der Waals surface area contributed by atoms with E-state index in [2.05, 4.69) is 17.6 Å². The van der Waals surface area contributed by atoms with Crippen molar-refractivity contribution in [2.24, 2.45) is 0 Å². The summed E-state index contributed by atoms with van der Waals surface area (Å²) in [5.74, 6) is 0.203. The number of H-pyrrole nitrogens is 1. The Morgan fingerprint density at radius 1 is 1.69 bits per heavy atom. The molecule has 0 saturated carbocycles. The molecule has 1 atom stereocenters. The van der Waals surface area contributed by atoms with Crippen molar-refractivity contribution in [1.82, 2.24) is 9.88 Å². The fourth-order valence-electron chi connectivity index (χ4n) is 1.58. The molecule has 0 radical (unpaired) electrons. The molecule has 0 spiro atoms. The molecule has 1 aromatic heterocycles. The highest BCUT2D eigenvalue weighted by Gasteiger charge is 2.26. The molecule has 13 heavy (non-hydrogen) atoms. The van der Waals surface area contributed by atoms with Crippen LogP contribution in [0.2, 0.25) is 0 Å². The minimum absolute atomic E-state index is 0.203. The standard InChI is InChI=1S/C9H12N2OS/c12-9-4-8(13)6-11(9)5-7-2-1-3-10-7/h1-3,8,10,13H,4-6H2. The number of likely N-dealkylation sites (tertiary alicyclic amines) is 1. The molecule has 1 aliphatic heterocycles. The van der Waals surface area contributed by atoms with Crippen molar-refractivity contribution in [3.63, 3.8) is 0 Å². The van der Waals surface area contributed by atoms with Crippen molar-refractivity contribution in [3.05, 3.63) is 24.0 Å². The van der Waals surface area contributed by atoms with Gasteiger partial charge in [-0.3, -0.25) is 4.79 Å². The van der Waals surface area contributed by atoms with Crippen LogP contribution in [0, 0.1) is 0 Å². The number of thiol groups is 1. The number of hydrogen-bond donors (Lipinski definition) is 2. The van der Waals surface area contributed by atoms with E-state index in [-0.39, 0.29) is 11.2 Å². The normalized spacial score (nSPS) is 22.7. The van der Waals surface area contributed by atoms with Crippen LogP contribution in [-0.2, 0) is 11.3 Å². The number of nitrogens with one attached hydrogen (secondary N) is 1. The Bertz CT molecular complexity index is 297. The average Bonchev–Trinajstić information content (AvgIpc) is 2.63. The lowest BCUT2D eigenvalue weighted by Crippen LogP contribution is -2.24. The van der Waals surface area contributed by atoms with Gasteiger partial charge in [-0.15, -0.1) is 0 Å². The van der Waals surface area contributed by atoms with Crippen molar-refractivity contribution < 1.29 is 4.79 Å². The smallest absolute Gasteiger partial charge is 0.224 e. The molecule has 1 N–H and O–H groups in total. The zero-order valence-corrected chi connectivity index (χ0v) is 8.13. The van der Waals surface area contributed by atoms with Crippen molar-refractivity contribution >= 4 is 18.5 Å². The summed E-state index contributed by atoms with van der Waals surface area (Å²) in [6.45, 7) is 1.45. The monoisotopic (exact) mass is 196 g/mol. The van der Waals surface area contributed by atoms with Crippen molar-refractivity contribution in [3.8, 4) is 0 Å². The van der Waals surface area contributed by atoms with E-state index in [9.17, 15) is 4.79 Å². The number of carbonyl (C=O) groups is 1. The lowest BCUT2D eigenvalue weighted by atomic mass is 10.4. The average molecular weight is 196 g/mol. The topological polar surface area (TPSA) is 36.1 Å². The van der Waals surface area contributed by atoms with Crippen LogP contribution in [0.1, 0.15) is 12.1 Å². The maximum absolute atomic E-state index is 11.4. The molecular formula is C9H12N2OS. The van der Waals surface area contributed by atoms with Crippen LogP contribution < -0.4 is 0 Å². The second-order valence-corrected chi connectivity index (χ2v) is 4.06. The summed E-state index contributed by atoms with van der Waals surface area (Å²) >= 11 is 4.29. The van der Waals surface area contributed by atoms with Crippen molar-refractivity contribution in [2.45, 2.75) is 18.2 Å². The lowest BCUT2D eigenvalue weighted by Gasteiger charge is -2.14. The molecule has 1 aromatic rings. The fourth-order valence-corrected chi connectivity index (χ4v) is 1.93. The molecule has 1 saturated heterocycles. The van der Waals surface area contributed by atoms with Gasteiger partial charge in [0.2, 0.25) is 5.91 Å². The summed E-state index contributed by atoms with van der Waals surface area (Å²) in [4.78, 5) is 16.3. The number of hydrogen-bond acceptors (Lipinski definition) is 2. The third-order valence-corrected chi connectivity index (χ3v) is 2.56. The summed E-state index contributed by atoms with van der Waals surface area (Å²) in [6.07, 6.45) is 2.44. The summed E-state index contributed by atoms with van der Waals surface area (Å²) in [6, 6.07) is 3.92. The first-order valence-electron chi connectivity index (χ1n) is 4.34. The Labute approximate surface area is 82.5 Å². The maximum atomic E-state index is 11.4. The van der Waals surface area contributed by atoms with Gasteiger partial charge in [-0.05, 0) is 12.1 Å². The predicted molar refractivity (Wildman–Crippen MR) is 53.6 cm³/mol. The molecule has 1 unspecified atom stereocenters. The third-order valence-electron chi connectivity index (χ3n) is 2.22. The fraction of sp³-hybridized carbons (Fsp3) is 0.444. The number of amides is 1. The first kappa shape index (κ1) is 8.69. The lowest BCUT2D eigenvalue weighted by molar-refractivity contribution is -0.128. The Balaban J connectivity index is 1.99. The van der Waals surface area contributed by atoms with Gasteiger partial charge in [0, 0.05) is 30.1 Å². The Kier molecular flexibility index (Phi) is 2.31. The van der Waals surface area contributed by atoms with Crippen molar-refractivity contribution in [2.75, 3.05) is 6.54 Å². The van der Waals surface area contributed by atoms with Gasteiger partial charge in [-0.25, -0.2) is 0 Å². The minimum Gasteiger partial charge on any atom is -0.364 e. The maximum Gasteiger partial charge on any atom is 0.224 e.